The van der Waals surface area contributed by atoms with Gasteiger partial charge in [0.2, 0.25) is 0 Å². The van der Waals surface area contributed by atoms with Crippen molar-refractivity contribution in [3.8, 4) is 0 Å². The summed E-state index contributed by atoms with van der Waals surface area (Å²) in [5.74, 6) is -2.72. The van der Waals surface area contributed by atoms with Crippen molar-refractivity contribution in [3.63, 3.8) is 0 Å². The molecule has 0 fully saturated rings. The third kappa shape index (κ3) is 3.78. The van der Waals surface area contributed by atoms with E-state index in [0.29, 0.717) is 0 Å². The Bertz CT molecular complexity index is 389. The highest BCUT2D eigenvalue weighted by Gasteiger charge is 2.16. The average molecular weight is 243 g/mol. The van der Waals surface area contributed by atoms with Gasteiger partial charge >= 0.3 is 5.97 Å². The number of aliphatic carboxylic acids is 1. The Labute approximate surface area is 98.7 Å². The van der Waals surface area contributed by atoms with Gasteiger partial charge in [-0.3, -0.25) is 4.79 Å². The summed E-state index contributed by atoms with van der Waals surface area (Å²) < 4.78 is 26.6. The summed E-state index contributed by atoms with van der Waals surface area (Å²) in [5.41, 5.74) is -0.0346. The monoisotopic (exact) mass is 243 g/mol. The number of carboxylic acids is 1. The second kappa shape index (κ2) is 5.72. The maximum Gasteiger partial charge on any atom is 0.307 e. The molecule has 0 aliphatic heterocycles. The van der Waals surface area contributed by atoms with Crippen LogP contribution in [0.5, 0.6) is 0 Å². The van der Waals surface area contributed by atoms with Crippen molar-refractivity contribution in [2.75, 3.05) is 13.6 Å². The fourth-order valence-electron chi connectivity index (χ4n) is 1.56. The standard InChI is InChI=1S/C12H15F2NO2/c1-8(12(16)17)6-15(2)7-9-10(13)4-3-5-11(9)14/h3-5,8H,6-7H2,1-2H3,(H,16,17). The van der Waals surface area contributed by atoms with Crippen molar-refractivity contribution in [1.82, 2.24) is 4.90 Å². The highest BCUT2D eigenvalue weighted by atomic mass is 19.1. The first-order chi connectivity index (χ1) is 7.91. The number of carbonyl (C=O) groups is 1. The Morgan fingerprint density at radius 2 is 1.94 bits per heavy atom. The molecule has 5 heteroatoms. The van der Waals surface area contributed by atoms with Gasteiger partial charge in [-0.05, 0) is 19.2 Å². The van der Waals surface area contributed by atoms with E-state index in [1.165, 1.54) is 18.2 Å². The second-order valence-electron chi connectivity index (χ2n) is 4.14. The minimum Gasteiger partial charge on any atom is -0.481 e. The molecule has 1 unspecified atom stereocenters. The van der Waals surface area contributed by atoms with Crippen molar-refractivity contribution in [2.24, 2.45) is 5.92 Å². The van der Waals surface area contributed by atoms with E-state index in [9.17, 15) is 13.6 Å². The average Bonchev–Trinajstić information content (AvgIpc) is 2.23. The summed E-state index contributed by atoms with van der Waals surface area (Å²) in [4.78, 5) is 12.2. The molecular weight excluding hydrogens is 228 g/mol. The summed E-state index contributed by atoms with van der Waals surface area (Å²) in [6.07, 6.45) is 0. The van der Waals surface area contributed by atoms with Crippen molar-refractivity contribution in [3.05, 3.63) is 35.4 Å². The fraction of sp³-hybridized carbons (Fsp3) is 0.417. The van der Waals surface area contributed by atoms with Crippen LogP contribution in [0.4, 0.5) is 8.78 Å². The molecular formula is C12H15F2NO2. The number of halogens is 2. The molecule has 0 aliphatic carbocycles. The van der Waals surface area contributed by atoms with Crippen LogP contribution in [-0.2, 0) is 11.3 Å². The van der Waals surface area contributed by atoms with E-state index in [1.54, 1.807) is 18.9 Å². The maximum absolute atomic E-state index is 13.3. The lowest BCUT2D eigenvalue weighted by molar-refractivity contribution is -0.141. The Kier molecular flexibility index (Phi) is 4.57. The van der Waals surface area contributed by atoms with Crippen LogP contribution in [0.25, 0.3) is 0 Å². The van der Waals surface area contributed by atoms with Crippen molar-refractivity contribution in [1.29, 1.82) is 0 Å². The molecule has 0 spiro atoms. The lowest BCUT2D eigenvalue weighted by atomic mass is 10.1. The van der Waals surface area contributed by atoms with Gasteiger partial charge in [-0.25, -0.2) is 8.78 Å². The lowest BCUT2D eigenvalue weighted by Gasteiger charge is -2.19. The largest absolute Gasteiger partial charge is 0.481 e. The van der Waals surface area contributed by atoms with Gasteiger partial charge in [0.15, 0.2) is 0 Å². The first-order valence-corrected chi connectivity index (χ1v) is 5.26. The van der Waals surface area contributed by atoms with Crippen LogP contribution in [0.3, 0.4) is 0 Å². The number of rotatable bonds is 5. The molecule has 0 radical (unpaired) electrons. The van der Waals surface area contributed by atoms with Gasteiger partial charge in [-0.2, -0.15) is 0 Å². The third-order valence-electron chi connectivity index (χ3n) is 2.50. The van der Waals surface area contributed by atoms with Gasteiger partial charge in [0, 0.05) is 18.7 Å². The van der Waals surface area contributed by atoms with E-state index < -0.39 is 23.5 Å². The van der Waals surface area contributed by atoms with Gasteiger partial charge in [0.05, 0.1) is 5.92 Å². The van der Waals surface area contributed by atoms with Gasteiger partial charge in [0.1, 0.15) is 11.6 Å². The Hall–Kier alpha value is -1.49. The van der Waals surface area contributed by atoms with E-state index >= 15 is 0 Å². The summed E-state index contributed by atoms with van der Waals surface area (Å²) in [6.45, 7) is 1.84. The predicted octanol–water partition coefficient (Wildman–Crippen LogP) is 2.12. The zero-order valence-electron chi connectivity index (χ0n) is 9.78. The van der Waals surface area contributed by atoms with Crippen LogP contribution in [0.15, 0.2) is 18.2 Å². The molecule has 1 rings (SSSR count). The molecule has 1 aromatic carbocycles. The van der Waals surface area contributed by atoms with Gasteiger partial charge < -0.3 is 10.0 Å². The van der Waals surface area contributed by atoms with E-state index in [-0.39, 0.29) is 18.7 Å². The normalized spacial score (nSPS) is 12.8. The van der Waals surface area contributed by atoms with Crippen molar-refractivity contribution in [2.45, 2.75) is 13.5 Å². The molecule has 0 saturated carbocycles. The van der Waals surface area contributed by atoms with Gasteiger partial charge in [-0.15, -0.1) is 0 Å². The Morgan fingerprint density at radius 3 is 2.41 bits per heavy atom. The number of hydrogen-bond donors (Lipinski definition) is 1. The molecule has 3 nitrogen and oxygen atoms in total. The van der Waals surface area contributed by atoms with Crippen LogP contribution in [0, 0.1) is 17.6 Å². The molecule has 0 heterocycles. The highest BCUT2D eigenvalue weighted by molar-refractivity contribution is 5.69. The molecule has 1 N–H and O–H groups in total. The minimum atomic E-state index is -0.925. The SMILES string of the molecule is CC(CN(C)Cc1c(F)cccc1F)C(=O)O. The van der Waals surface area contributed by atoms with Crippen LogP contribution in [-0.4, -0.2) is 29.6 Å². The number of nitrogens with zero attached hydrogens (tertiary/aromatic N) is 1. The number of benzene rings is 1. The summed E-state index contributed by atoms with van der Waals surface area (Å²) in [6, 6.07) is 3.67. The maximum atomic E-state index is 13.3. The second-order valence-corrected chi connectivity index (χ2v) is 4.14. The van der Waals surface area contributed by atoms with Crippen LogP contribution >= 0.6 is 0 Å². The molecule has 94 valence electrons. The summed E-state index contributed by atoms with van der Waals surface area (Å²) in [7, 11) is 1.63. The number of hydrogen-bond acceptors (Lipinski definition) is 2. The highest BCUT2D eigenvalue weighted by Crippen LogP contribution is 2.14. The van der Waals surface area contributed by atoms with Gasteiger partial charge in [-0.1, -0.05) is 13.0 Å². The Balaban J connectivity index is 2.68. The van der Waals surface area contributed by atoms with E-state index in [1.807, 2.05) is 0 Å². The van der Waals surface area contributed by atoms with E-state index in [0.717, 1.165) is 0 Å². The van der Waals surface area contributed by atoms with E-state index in [4.69, 9.17) is 5.11 Å². The van der Waals surface area contributed by atoms with Crippen LogP contribution in [0.2, 0.25) is 0 Å². The quantitative estimate of drug-likeness (QED) is 0.861. The zero-order valence-corrected chi connectivity index (χ0v) is 9.78. The molecule has 0 aromatic heterocycles. The topological polar surface area (TPSA) is 40.5 Å². The molecule has 0 aliphatic rings. The molecule has 0 amide bonds. The molecule has 17 heavy (non-hydrogen) atoms. The van der Waals surface area contributed by atoms with Gasteiger partial charge in [0.25, 0.3) is 0 Å². The van der Waals surface area contributed by atoms with E-state index in [2.05, 4.69) is 0 Å². The molecule has 1 aromatic rings. The first kappa shape index (κ1) is 13.6. The minimum absolute atomic E-state index is 0.0346. The lowest BCUT2D eigenvalue weighted by Crippen LogP contribution is -2.28. The molecule has 1 atom stereocenters. The van der Waals surface area contributed by atoms with Crippen LogP contribution < -0.4 is 0 Å². The zero-order chi connectivity index (χ0) is 13.0. The summed E-state index contributed by atoms with van der Waals surface area (Å²) >= 11 is 0. The predicted molar refractivity (Wildman–Crippen MR) is 59.5 cm³/mol. The van der Waals surface area contributed by atoms with Crippen molar-refractivity contribution < 1.29 is 18.7 Å². The molecule has 0 saturated heterocycles. The fourth-order valence-corrected chi connectivity index (χ4v) is 1.56. The first-order valence-electron chi connectivity index (χ1n) is 5.26. The smallest absolute Gasteiger partial charge is 0.307 e. The van der Waals surface area contributed by atoms with Crippen LogP contribution in [0.1, 0.15) is 12.5 Å². The third-order valence-corrected chi connectivity index (χ3v) is 2.50. The van der Waals surface area contributed by atoms with Crippen molar-refractivity contribution >= 4 is 5.97 Å². The summed E-state index contributed by atoms with van der Waals surface area (Å²) in [5, 5.41) is 8.73. The number of carboxylic acid groups (broad SMARTS) is 1. The molecule has 0 bridgehead atoms. The Morgan fingerprint density at radius 1 is 1.41 bits per heavy atom.